The summed E-state index contributed by atoms with van der Waals surface area (Å²) in [5, 5.41) is 22.5. The summed E-state index contributed by atoms with van der Waals surface area (Å²) in [6, 6.07) is 8.23. The van der Waals surface area contributed by atoms with Crippen molar-refractivity contribution in [3.05, 3.63) is 51.9 Å². The molecule has 0 bridgehead atoms. The van der Waals surface area contributed by atoms with Gasteiger partial charge in [-0.05, 0) is 56.9 Å². The van der Waals surface area contributed by atoms with E-state index in [9.17, 15) is 23.9 Å². The summed E-state index contributed by atoms with van der Waals surface area (Å²) in [6.45, 7) is 3.55. The summed E-state index contributed by atoms with van der Waals surface area (Å²) in [5.74, 6) is -3.97. The molecule has 8 nitrogen and oxygen atoms in total. The molecule has 1 saturated heterocycles. The van der Waals surface area contributed by atoms with Gasteiger partial charge in [0, 0.05) is 17.5 Å². The first-order valence-electron chi connectivity index (χ1n) is 11.6. The minimum atomic E-state index is -2.87. The molecule has 0 radical (unpaired) electrons. The predicted octanol–water partition coefficient (Wildman–Crippen LogP) is 5.36. The Labute approximate surface area is 210 Å². The van der Waals surface area contributed by atoms with E-state index in [2.05, 4.69) is 15.3 Å². The van der Waals surface area contributed by atoms with E-state index >= 15 is 0 Å². The van der Waals surface area contributed by atoms with Gasteiger partial charge in [0.25, 0.3) is 5.92 Å². The van der Waals surface area contributed by atoms with Crippen molar-refractivity contribution in [2.75, 3.05) is 23.3 Å². The number of piperidine rings is 1. The third-order valence-electron chi connectivity index (χ3n) is 7.11. The lowest BCUT2D eigenvalue weighted by Crippen LogP contribution is -2.50. The van der Waals surface area contributed by atoms with Gasteiger partial charge in [-0.1, -0.05) is 17.7 Å². The Balaban J connectivity index is 1.56. The molecule has 1 aliphatic carbocycles. The van der Waals surface area contributed by atoms with E-state index in [1.807, 2.05) is 26.0 Å². The van der Waals surface area contributed by atoms with Gasteiger partial charge in [0.2, 0.25) is 0 Å². The normalized spacial score (nSPS) is 18.6. The number of benzene rings is 1. The van der Waals surface area contributed by atoms with Gasteiger partial charge in [-0.2, -0.15) is 5.26 Å². The van der Waals surface area contributed by atoms with Crippen LogP contribution in [0.4, 0.5) is 20.3 Å². The zero-order chi connectivity index (χ0) is 25.8. The average molecular weight is 513 g/mol. The third kappa shape index (κ3) is 4.07. The van der Waals surface area contributed by atoms with Gasteiger partial charge in [0.05, 0.1) is 29.3 Å². The SMILES string of the molecule is Cc1cc(C(C)Nc2ccc(Cl)nc2C(=O)O)c2nc(N3CCC4(CC4)C(F)(F)C3)c(C#N)nc2c1. The highest BCUT2D eigenvalue weighted by atomic mass is 35.5. The zero-order valence-corrected chi connectivity index (χ0v) is 20.4. The minimum absolute atomic E-state index is 0.00252. The molecule has 2 aliphatic rings. The zero-order valence-electron chi connectivity index (χ0n) is 19.6. The number of carbonyl (C=O) groups is 1. The van der Waals surface area contributed by atoms with Crippen molar-refractivity contribution in [1.29, 1.82) is 5.26 Å². The molecule has 36 heavy (non-hydrogen) atoms. The Kier molecular flexibility index (Phi) is 5.71. The molecule has 1 atom stereocenters. The molecule has 3 aromatic rings. The molecule has 1 saturated carbocycles. The van der Waals surface area contributed by atoms with Crippen LogP contribution < -0.4 is 10.2 Å². The molecule has 3 heterocycles. The molecule has 2 N–H and O–H groups in total. The number of nitrogens with zero attached hydrogens (tertiary/aromatic N) is 5. The highest BCUT2D eigenvalue weighted by Gasteiger charge is 2.64. The molecular formula is C25H23ClF2N6O2. The number of aryl methyl sites for hydroxylation is 1. The summed E-state index contributed by atoms with van der Waals surface area (Å²) in [4.78, 5) is 26.2. The van der Waals surface area contributed by atoms with Crippen LogP contribution in [-0.4, -0.2) is 45.0 Å². The fraction of sp³-hybridized carbons (Fsp3) is 0.400. The highest BCUT2D eigenvalue weighted by molar-refractivity contribution is 6.29. The average Bonchev–Trinajstić information content (AvgIpc) is 3.62. The molecule has 2 aromatic heterocycles. The molecule has 1 spiro atoms. The van der Waals surface area contributed by atoms with Crippen molar-refractivity contribution in [2.24, 2.45) is 5.41 Å². The van der Waals surface area contributed by atoms with Crippen molar-refractivity contribution in [3.8, 4) is 6.07 Å². The second-order valence-electron chi connectivity index (χ2n) is 9.59. The van der Waals surface area contributed by atoms with E-state index < -0.39 is 29.9 Å². The van der Waals surface area contributed by atoms with E-state index in [4.69, 9.17) is 16.6 Å². The monoisotopic (exact) mass is 512 g/mol. The molecule has 1 aromatic carbocycles. The number of alkyl halides is 2. The van der Waals surface area contributed by atoms with E-state index in [-0.39, 0.29) is 28.0 Å². The van der Waals surface area contributed by atoms with E-state index in [0.29, 0.717) is 42.4 Å². The maximum atomic E-state index is 14.9. The fourth-order valence-electron chi connectivity index (χ4n) is 4.94. The number of fused-ring (bicyclic) bond motifs is 1. The molecular weight excluding hydrogens is 490 g/mol. The van der Waals surface area contributed by atoms with Gasteiger partial charge >= 0.3 is 5.97 Å². The van der Waals surface area contributed by atoms with Gasteiger partial charge in [0.1, 0.15) is 11.2 Å². The van der Waals surface area contributed by atoms with Gasteiger partial charge in [-0.25, -0.2) is 28.5 Å². The standard InChI is InChI=1S/C25H23ClF2N6O2/c1-13-9-15(14(2)30-16-3-4-19(26)32-21(16)23(35)36)20-17(10-13)31-18(11-29)22(33-20)34-8-7-24(5-6-24)25(27,28)12-34/h3-4,9-10,14,30H,5-8,12H2,1-2H3,(H,35,36). The number of anilines is 2. The first kappa shape index (κ1) is 24.1. The van der Waals surface area contributed by atoms with Crippen LogP contribution in [0.2, 0.25) is 5.15 Å². The fourth-order valence-corrected chi connectivity index (χ4v) is 5.09. The molecule has 0 amide bonds. The second-order valence-corrected chi connectivity index (χ2v) is 9.97. The van der Waals surface area contributed by atoms with Crippen molar-refractivity contribution in [3.63, 3.8) is 0 Å². The quantitative estimate of drug-likeness (QED) is 0.439. The Hall–Kier alpha value is -3.58. The second kappa shape index (κ2) is 8.52. The first-order chi connectivity index (χ1) is 17.0. The molecule has 5 rings (SSSR count). The lowest BCUT2D eigenvalue weighted by atomic mass is 9.89. The van der Waals surface area contributed by atoms with Crippen molar-refractivity contribution in [2.45, 2.75) is 45.1 Å². The van der Waals surface area contributed by atoms with Crippen molar-refractivity contribution >= 4 is 40.1 Å². The van der Waals surface area contributed by atoms with Gasteiger partial charge in [-0.3, -0.25) is 0 Å². The number of rotatable bonds is 5. The van der Waals surface area contributed by atoms with Crippen LogP contribution in [0.3, 0.4) is 0 Å². The summed E-state index contributed by atoms with van der Waals surface area (Å²) in [6.07, 6.45) is 1.38. The van der Waals surface area contributed by atoms with Crippen LogP contribution >= 0.6 is 11.6 Å². The van der Waals surface area contributed by atoms with Gasteiger partial charge in [-0.15, -0.1) is 0 Å². The van der Waals surface area contributed by atoms with E-state index in [1.54, 1.807) is 6.07 Å². The van der Waals surface area contributed by atoms with Crippen LogP contribution in [-0.2, 0) is 0 Å². The maximum Gasteiger partial charge on any atom is 0.356 e. The van der Waals surface area contributed by atoms with Crippen molar-refractivity contribution in [1.82, 2.24) is 15.0 Å². The molecule has 2 fully saturated rings. The van der Waals surface area contributed by atoms with Gasteiger partial charge in [0.15, 0.2) is 17.2 Å². The van der Waals surface area contributed by atoms with Crippen LogP contribution in [0.1, 0.15) is 59.5 Å². The predicted molar refractivity (Wildman–Crippen MR) is 131 cm³/mol. The summed E-state index contributed by atoms with van der Waals surface area (Å²) < 4.78 is 29.8. The number of hydrogen-bond acceptors (Lipinski definition) is 7. The summed E-state index contributed by atoms with van der Waals surface area (Å²) >= 11 is 5.87. The number of pyridine rings is 1. The first-order valence-corrected chi connectivity index (χ1v) is 11.9. The topological polar surface area (TPSA) is 115 Å². The Morgan fingerprint density at radius 1 is 1.25 bits per heavy atom. The minimum Gasteiger partial charge on any atom is -0.476 e. The Bertz CT molecular complexity index is 1440. The summed E-state index contributed by atoms with van der Waals surface area (Å²) in [5.41, 5.74) is 1.54. The smallest absolute Gasteiger partial charge is 0.356 e. The Morgan fingerprint density at radius 3 is 2.64 bits per heavy atom. The number of aromatic nitrogens is 3. The number of nitrogens with one attached hydrogen (secondary N) is 1. The van der Waals surface area contributed by atoms with Crippen LogP contribution in [0.5, 0.6) is 0 Å². The molecule has 1 unspecified atom stereocenters. The highest BCUT2D eigenvalue weighted by Crippen LogP contribution is 2.61. The number of aromatic carboxylic acids is 1. The van der Waals surface area contributed by atoms with Crippen LogP contribution in [0, 0.1) is 23.7 Å². The third-order valence-corrected chi connectivity index (χ3v) is 7.32. The molecule has 1 aliphatic heterocycles. The summed E-state index contributed by atoms with van der Waals surface area (Å²) in [7, 11) is 0. The lowest BCUT2D eigenvalue weighted by molar-refractivity contribution is -0.0795. The Morgan fingerprint density at radius 2 is 2.00 bits per heavy atom. The largest absolute Gasteiger partial charge is 0.476 e. The van der Waals surface area contributed by atoms with Gasteiger partial charge < -0.3 is 15.3 Å². The molecule has 186 valence electrons. The maximum absolute atomic E-state index is 14.9. The van der Waals surface area contributed by atoms with Crippen LogP contribution in [0.15, 0.2) is 24.3 Å². The van der Waals surface area contributed by atoms with Crippen molar-refractivity contribution < 1.29 is 18.7 Å². The molecule has 11 heteroatoms. The number of nitriles is 1. The lowest BCUT2D eigenvalue weighted by Gasteiger charge is -2.39. The number of carboxylic acids is 1. The van der Waals surface area contributed by atoms with E-state index in [0.717, 1.165) is 5.56 Å². The number of hydrogen-bond donors (Lipinski definition) is 2. The number of carboxylic acid groups (broad SMARTS) is 1. The number of halogens is 3. The van der Waals surface area contributed by atoms with Crippen LogP contribution in [0.25, 0.3) is 11.0 Å². The van der Waals surface area contributed by atoms with E-state index in [1.165, 1.54) is 17.0 Å².